The standard InChI is InChI=1S/C21H28N4O5S/c1-4-10-24(11-5-2)31(28,29)18-8-6-17(7-9-18)25-14-16(13-20(25)26)21(27)22-19-12-15(3)30-23-19/h6-9,12,16H,4-5,10-11,13-14H2,1-3H3,(H,22,23,27). The molecular formula is C21H28N4O5S. The third-order valence-electron chi connectivity index (χ3n) is 5.11. The van der Waals surface area contributed by atoms with Crippen molar-refractivity contribution in [3.05, 3.63) is 36.1 Å². The predicted octanol–water partition coefficient (Wildman–Crippen LogP) is 2.79. The Labute approximate surface area is 182 Å². The third kappa shape index (κ3) is 5.13. The smallest absolute Gasteiger partial charge is 0.243 e. The largest absolute Gasteiger partial charge is 0.360 e. The van der Waals surface area contributed by atoms with Gasteiger partial charge in [-0.15, -0.1) is 0 Å². The van der Waals surface area contributed by atoms with Crippen LogP contribution in [0.1, 0.15) is 38.9 Å². The first kappa shape index (κ1) is 23.0. The molecule has 1 N–H and O–H groups in total. The van der Waals surface area contributed by atoms with Gasteiger partial charge >= 0.3 is 0 Å². The number of hydrogen-bond acceptors (Lipinski definition) is 6. The van der Waals surface area contributed by atoms with Crippen LogP contribution in [-0.4, -0.2) is 49.3 Å². The molecule has 10 heteroatoms. The number of carbonyl (C=O) groups excluding carboxylic acids is 2. The Balaban J connectivity index is 1.70. The highest BCUT2D eigenvalue weighted by molar-refractivity contribution is 7.89. The lowest BCUT2D eigenvalue weighted by molar-refractivity contribution is -0.122. The molecule has 0 radical (unpaired) electrons. The van der Waals surface area contributed by atoms with Gasteiger partial charge in [0.2, 0.25) is 21.8 Å². The molecule has 1 unspecified atom stereocenters. The van der Waals surface area contributed by atoms with Crippen molar-refractivity contribution in [2.75, 3.05) is 29.9 Å². The molecule has 1 aromatic carbocycles. The molecular weight excluding hydrogens is 420 g/mol. The maximum Gasteiger partial charge on any atom is 0.243 e. The van der Waals surface area contributed by atoms with Crippen LogP contribution in [0.15, 0.2) is 39.8 Å². The van der Waals surface area contributed by atoms with E-state index in [0.717, 1.165) is 12.8 Å². The SMILES string of the molecule is CCCN(CCC)S(=O)(=O)c1ccc(N2CC(C(=O)Nc3cc(C)on3)CC2=O)cc1. The van der Waals surface area contributed by atoms with Crippen LogP contribution >= 0.6 is 0 Å². The number of hydrogen-bond donors (Lipinski definition) is 1. The van der Waals surface area contributed by atoms with E-state index in [-0.39, 0.29) is 29.7 Å². The molecule has 168 valence electrons. The molecule has 1 aliphatic heterocycles. The van der Waals surface area contributed by atoms with Gasteiger partial charge in [0.25, 0.3) is 0 Å². The summed E-state index contributed by atoms with van der Waals surface area (Å²) in [6.45, 7) is 6.74. The highest BCUT2D eigenvalue weighted by Gasteiger charge is 2.35. The maximum absolute atomic E-state index is 12.9. The summed E-state index contributed by atoms with van der Waals surface area (Å²) in [5.41, 5.74) is 0.564. The minimum atomic E-state index is -3.59. The van der Waals surface area contributed by atoms with E-state index in [1.165, 1.54) is 21.3 Å². The predicted molar refractivity (Wildman–Crippen MR) is 116 cm³/mol. The molecule has 2 aromatic rings. The molecule has 0 spiro atoms. The van der Waals surface area contributed by atoms with Gasteiger partial charge < -0.3 is 14.7 Å². The number of rotatable bonds is 9. The zero-order valence-electron chi connectivity index (χ0n) is 18.0. The molecule has 0 saturated carbocycles. The number of nitrogens with one attached hydrogen (secondary N) is 1. The van der Waals surface area contributed by atoms with E-state index in [1.807, 2.05) is 13.8 Å². The van der Waals surface area contributed by atoms with Crippen molar-refractivity contribution in [2.24, 2.45) is 5.92 Å². The second-order valence-electron chi connectivity index (χ2n) is 7.62. The fraction of sp³-hybridized carbons (Fsp3) is 0.476. The molecule has 1 atom stereocenters. The summed E-state index contributed by atoms with van der Waals surface area (Å²) in [7, 11) is -3.59. The number of benzene rings is 1. The molecule has 1 fully saturated rings. The van der Waals surface area contributed by atoms with Crippen molar-refractivity contribution >= 4 is 33.3 Å². The fourth-order valence-corrected chi connectivity index (χ4v) is 5.21. The first-order valence-electron chi connectivity index (χ1n) is 10.4. The van der Waals surface area contributed by atoms with Gasteiger partial charge in [0.05, 0.1) is 10.8 Å². The van der Waals surface area contributed by atoms with Gasteiger partial charge in [-0.1, -0.05) is 19.0 Å². The lowest BCUT2D eigenvalue weighted by Gasteiger charge is -2.22. The minimum absolute atomic E-state index is 0.0729. The number of aryl methyl sites for hydroxylation is 1. The Morgan fingerprint density at radius 1 is 1.23 bits per heavy atom. The Hall–Kier alpha value is -2.72. The van der Waals surface area contributed by atoms with Gasteiger partial charge in [-0.2, -0.15) is 4.31 Å². The highest BCUT2D eigenvalue weighted by atomic mass is 32.2. The molecule has 1 saturated heterocycles. The summed E-state index contributed by atoms with van der Waals surface area (Å²) in [4.78, 5) is 26.7. The summed E-state index contributed by atoms with van der Waals surface area (Å²) in [6, 6.07) is 7.86. The normalized spacial score (nSPS) is 16.8. The summed E-state index contributed by atoms with van der Waals surface area (Å²) < 4.78 is 32.2. The second-order valence-corrected chi connectivity index (χ2v) is 9.55. The topological polar surface area (TPSA) is 113 Å². The molecule has 9 nitrogen and oxygen atoms in total. The van der Waals surface area contributed by atoms with Gasteiger partial charge in [-0.25, -0.2) is 8.42 Å². The number of nitrogens with zero attached hydrogens (tertiary/aromatic N) is 3. The zero-order chi connectivity index (χ0) is 22.6. The summed E-state index contributed by atoms with van der Waals surface area (Å²) in [5, 5.41) is 6.39. The quantitative estimate of drug-likeness (QED) is 0.631. The van der Waals surface area contributed by atoms with Crippen molar-refractivity contribution in [1.82, 2.24) is 9.46 Å². The van der Waals surface area contributed by atoms with Gasteiger partial charge in [0.15, 0.2) is 5.82 Å². The van der Waals surface area contributed by atoms with E-state index in [2.05, 4.69) is 10.5 Å². The molecule has 0 aliphatic carbocycles. The monoisotopic (exact) mass is 448 g/mol. The number of anilines is 2. The van der Waals surface area contributed by atoms with Crippen LogP contribution in [0.3, 0.4) is 0 Å². The lowest BCUT2D eigenvalue weighted by atomic mass is 10.1. The van der Waals surface area contributed by atoms with E-state index in [0.29, 0.717) is 30.4 Å². The van der Waals surface area contributed by atoms with Gasteiger partial charge in [-0.05, 0) is 44.0 Å². The van der Waals surface area contributed by atoms with E-state index in [1.54, 1.807) is 25.1 Å². The summed E-state index contributed by atoms with van der Waals surface area (Å²) in [6.07, 6.45) is 1.54. The van der Waals surface area contributed by atoms with Crippen LogP contribution in [0.5, 0.6) is 0 Å². The fourth-order valence-electron chi connectivity index (χ4n) is 3.58. The van der Waals surface area contributed by atoms with Crippen LogP contribution in [0, 0.1) is 12.8 Å². The lowest BCUT2D eigenvalue weighted by Crippen LogP contribution is -2.32. The van der Waals surface area contributed by atoms with Crippen LogP contribution in [-0.2, 0) is 19.6 Å². The maximum atomic E-state index is 12.9. The van der Waals surface area contributed by atoms with E-state index >= 15 is 0 Å². The van der Waals surface area contributed by atoms with Crippen LogP contribution in [0.25, 0.3) is 0 Å². The van der Waals surface area contributed by atoms with Gasteiger partial charge in [0, 0.05) is 37.8 Å². The molecule has 31 heavy (non-hydrogen) atoms. The van der Waals surface area contributed by atoms with Crippen molar-refractivity contribution < 1.29 is 22.5 Å². The van der Waals surface area contributed by atoms with Crippen molar-refractivity contribution in [3.63, 3.8) is 0 Å². The first-order valence-corrected chi connectivity index (χ1v) is 11.8. The second kappa shape index (κ2) is 9.61. The van der Waals surface area contributed by atoms with E-state index in [9.17, 15) is 18.0 Å². The first-order chi connectivity index (χ1) is 14.8. The van der Waals surface area contributed by atoms with Crippen molar-refractivity contribution in [2.45, 2.75) is 44.9 Å². The number of carbonyl (C=O) groups is 2. The van der Waals surface area contributed by atoms with Gasteiger partial charge in [0.1, 0.15) is 5.76 Å². The Kier molecular flexibility index (Phi) is 7.11. The van der Waals surface area contributed by atoms with Crippen LogP contribution in [0.2, 0.25) is 0 Å². The Bertz CT molecular complexity index is 1030. The molecule has 1 aromatic heterocycles. The molecule has 1 aliphatic rings. The Morgan fingerprint density at radius 2 is 1.87 bits per heavy atom. The van der Waals surface area contributed by atoms with Crippen molar-refractivity contribution in [1.29, 1.82) is 0 Å². The average Bonchev–Trinajstić information content (AvgIpc) is 3.33. The van der Waals surface area contributed by atoms with E-state index < -0.39 is 15.9 Å². The molecule has 2 heterocycles. The molecule has 2 amide bonds. The minimum Gasteiger partial charge on any atom is -0.360 e. The number of sulfonamides is 1. The molecule has 3 rings (SSSR count). The number of amides is 2. The zero-order valence-corrected chi connectivity index (χ0v) is 18.8. The number of aromatic nitrogens is 1. The summed E-state index contributed by atoms with van der Waals surface area (Å²) >= 11 is 0. The Morgan fingerprint density at radius 3 is 2.42 bits per heavy atom. The molecule has 0 bridgehead atoms. The van der Waals surface area contributed by atoms with Crippen LogP contribution < -0.4 is 10.2 Å². The van der Waals surface area contributed by atoms with Gasteiger partial charge in [-0.3, -0.25) is 9.59 Å². The van der Waals surface area contributed by atoms with Crippen molar-refractivity contribution in [3.8, 4) is 0 Å². The van der Waals surface area contributed by atoms with E-state index in [4.69, 9.17) is 4.52 Å². The summed E-state index contributed by atoms with van der Waals surface area (Å²) in [5.74, 6) is -0.140. The van der Waals surface area contributed by atoms with Crippen LogP contribution in [0.4, 0.5) is 11.5 Å². The highest BCUT2D eigenvalue weighted by Crippen LogP contribution is 2.28. The third-order valence-corrected chi connectivity index (χ3v) is 7.02. The average molecular weight is 449 g/mol.